The molecule has 0 aliphatic carbocycles. The van der Waals surface area contributed by atoms with Crippen molar-refractivity contribution in [3.05, 3.63) is 64.7 Å². The second-order valence-corrected chi connectivity index (χ2v) is 7.40. The van der Waals surface area contributed by atoms with Crippen molar-refractivity contribution < 1.29 is 14.6 Å². The molecule has 0 spiro atoms. The van der Waals surface area contributed by atoms with Crippen molar-refractivity contribution in [2.45, 2.75) is 46.1 Å². The molecule has 2 aromatic carbocycles. The highest BCUT2D eigenvalue weighted by Gasteiger charge is 2.22. The van der Waals surface area contributed by atoms with Crippen LogP contribution in [0.3, 0.4) is 0 Å². The van der Waals surface area contributed by atoms with E-state index in [9.17, 15) is 9.90 Å². The van der Waals surface area contributed by atoms with Gasteiger partial charge in [0.25, 0.3) is 5.91 Å². The highest BCUT2D eigenvalue weighted by atomic mass is 16.5. The Kier molecular flexibility index (Phi) is 6.14. The number of carbonyl (C=O) groups excluding carboxylic acids is 1. The molecule has 2 N–H and O–H groups in total. The van der Waals surface area contributed by atoms with Crippen molar-refractivity contribution in [1.82, 2.24) is 10.2 Å². The summed E-state index contributed by atoms with van der Waals surface area (Å²) in [5.74, 6) is 0.0410. The van der Waals surface area contributed by atoms with Crippen LogP contribution in [-0.4, -0.2) is 41.2 Å². The molecule has 0 saturated carbocycles. The summed E-state index contributed by atoms with van der Waals surface area (Å²) in [5.41, 5.74) is 3.69. The number of ether oxygens (including phenoxy) is 1. The molecule has 1 aliphatic rings. The lowest BCUT2D eigenvalue weighted by Gasteiger charge is -2.35. The molecule has 0 aromatic heterocycles. The zero-order chi connectivity index (χ0) is 19.4. The quantitative estimate of drug-likeness (QED) is 0.851. The van der Waals surface area contributed by atoms with Gasteiger partial charge in [0, 0.05) is 31.7 Å². The zero-order valence-corrected chi connectivity index (χ0v) is 16.2. The van der Waals surface area contributed by atoms with E-state index in [2.05, 4.69) is 36.2 Å². The van der Waals surface area contributed by atoms with E-state index in [4.69, 9.17) is 4.74 Å². The van der Waals surface area contributed by atoms with Gasteiger partial charge in [0.2, 0.25) is 0 Å². The Bertz CT molecular complexity index is 796. The Labute approximate surface area is 161 Å². The predicted octanol–water partition coefficient (Wildman–Crippen LogP) is 3.24. The third kappa shape index (κ3) is 5.08. The number of nitrogens with zero attached hydrogens (tertiary/aromatic N) is 1. The third-order valence-electron chi connectivity index (χ3n) is 4.90. The molecule has 144 valence electrons. The van der Waals surface area contributed by atoms with Crippen molar-refractivity contribution in [2.75, 3.05) is 13.1 Å². The largest absolute Gasteiger partial charge is 0.508 e. The van der Waals surface area contributed by atoms with E-state index in [1.807, 2.05) is 19.1 Å². The molecule has 3 rings (SSSR count). The fraction of sp³-hybridized carbons (Fsp3) is 0.409. The Morgan fingerprint density at radius 1 is 1.15 bits per heavy atom. The van der Waals surface area contributed by atoms with Gasteiger partial charge in [0.1, 0.15) is 5.75 Å². The standard InChI is InChI=1S/C22H28N2O3/c1-15-10-20(25)8-9-21(15)22(26)23-11-18-6-4-5-7-19(18)14-24-12-16(2)27-17(3)13-24/h4-10,16-17,25H,11-14H2,1-3H3,(H,23,26)/t16-,17-/m1/s1. The number of benzene rings is 2. The molecular formula is C22H28N2O3. The summed E-state index contributed by atoms with van der Waals surface area (Å²) in [6, 6.07) is 13.0. The maximum Gasteiger partial charge on any atom is 0.251 e. The average Bonchev–Trinajstić information content (AvgIpc) is 2.60. The van der Waals surface area contributed by atoms with Crippen molar-refractivity contribution in [3.8, 4) is 5.75 Å². The number of carbonyl (C=O) groups is 1. The summed E-state index contributed by atoms with van der Waals surface area (Å²) in [7, 11) is 0. The summed E-state index contributed by atoms with van der Waals surface area (Å²) in [5, 5.41) is 12.5. The second-order valence-electron chi connectivity index (χ2n) is 7.40. The van der Waals surface area contributed by atoms with E-state index in [0.717, 1.165) is 30.8 Å². The summed E-state index contributed by atoms with van der Waals surface area (Å²) < 4.78 is 5.82. The van der Waals surface area contributed by atoms with Crippen LogP contribution in [0.4, 0.5) is 0 Å². The number of aryl methyl sites for hydroxylation is 1. The number of phenols is 1. The number of phenolic OH excluding ortho intramolecular Hbond substituents is 1. The van der Waals surface area contributed by atoms with Crippen molar-refractivity contribution in [2.24, 2.45) is 0 Å². The maximum absolute atomic E-state index is 12.5. The highest BCUT2D eigenvalue weighted by molar-refractivity contribution is 5.95. The van der Waals surface area contributed by atoms with Gasteiger partial charge in [0.05, 0.1) is 12.2 Å². The monoisotopic (exact) mass is 368 g/mol. The van der Waals surface area contributed by atoms with Crippen LogP contribution in [0.5, 0.6) is 5.75 Å². The first kappa shape index (κ1) is 19.4. The first-order valence-electron chi connectivity index (χ1n) is 9.45. The van der Waals surface area contributed by atoms with Crippen LogP contribution in [0, 0.1) is 6.92 Å². The molecule has 0 unspecified atom stereocenters. The lowest BCUT2D eigenvalue weighted by Crippen LogP contribution is -2.45. The first-order valence-corrected chi connectivity index (χ1v) is 9.45. The number of amides is 1. The molecule has 1 heterocycles. The van der Waals surface area contributed by atoms with Gasteiger partial charge in [0.15, 0.2) is 0 Å². The van der Waals surface area contributed by atoms with Crippen LogP contribution < -0.4 is 5.32 Å². The molecule has 1 aliphatic heterocycles. The molecule has 0 bridgehead atoms. The van der Waals surface area contributed by atoms with Gasteiger partial charge in [-0.1, -0.05) is 24.3 Å². The van der Waals surface area contributed by atoms with E-state index >= 15 is 0 Å². The Balaban J connectivity index is 1.66. The number of aromatic hydroxyl groups is 1. The van der Waals surface area contributed by atoms with Crippen LogP contribution >= 0.6 is 0 Å². The van der Waals surface area contributed by atoms with Crippen LogP contribution in [0.2, 0.25) is 0 Å². The molecule has 27 heavy (non-hydrogen) atoms. The molecule has 1 amide bonds. The zero-order valence-electron chi connectivity index (χ0n) is 16.2. The van der Waals surface area contributed by atoms with Crippen LogP contribution in [0.15, 0.2) is 42.5 Å². The van der Waals surface area contributed by atoms with Crippen molar-refractivity contribution in [3.63, 3.8) is 0 Å². The Hall–Kier alpha value is -2.37. The fourth-order valence-electron chi connectivity index (χ4n) is 3.71. The molecule has 5 nitrogen and oxygen atoms in total. The third-order valence-corrected chi connectivity index (χ3v) is 4.90. The van der Waals surface area contributed by atoms with Crippen molar-refractivity contribution >= 4 is 5.91 Å². The number of rotatable bonds is 5. The topological polar surface area (TPSA) is 61.8 Å². The van der Waals surface area contributed by atoms with Gasteiger partial charge in [-0.3, -0.25) is 9.69 Å². The van der Waals surface area contributed by atoms with Crippen LogP contribution in [-0.2, 0) is 17.8 Å². The van der Waals surface area contributed by atoms with Crippen LogP contribution in [0.25, 0.3) is 0 Å². The number of hydrogen-bond acceptors (Lipinski definition) is 4. The normalized spacial score (nSPS) is 20.4. The summed E-state index contributed by atoms with van der Waals surface area (Å²) in [4.78, 5) is 14.9. The molecular weight excluding hydrogens is 340 g/mol. The van der Waals surface area contributed by atoms with Gasteiger partial charge in [-0.05, 0) is 55.7 Å². The van der Waals surface area contributed by atoms with Gasteiger partial charge in [-0.25, -0.2) is 0 Å². The SMILES string of the molecule is Cc1cc(O)ccc1C(=O)NCc1ccccc1CN1C[C@@H](C)O[C@H](C)C1. The molecule has 0 radical (unpaired) electrons. The molecule has 5 heteroatoms. The molecule has 2 aromatic rings. The first-order chi connectivity index (χ1) is 12.9. The lowest BCUT2D eigenvalue weighted by molar-refractivity contribution is -0.0705. The lowest BCUT2D eigenvalue weighted by atomic mass is 10.0. The predicted molar refractivity (Wildman–Crippen MR) is 106 cm³/mol. The van der Waals surface area contributed by atoms with Crippen LogP contribution in [0.1, 0.15) is 40.9 Å². The molecule has 1 fully saturated rings. The second kappa shape index (κ2) is 8.55. The van der Waals surface area contributed by atoms with E-state index < -0.39 is 0 Å². The summed E-state index contributed by atoms with van der Waals surface area (Å²) in [6.45, 7) is 9.19. The fourth-order valence-corrected chi connectivity index (χ4v) is 3.71. The Morgan fingerprint density at radius 2 is 1.81 bits per heavy atom. The average molecular weight is 368 g/mol. The Morgan fingerprint density at radius 3 is 2.48 bits per heavy atom. The van der Waals surface area contributed by atoms with Gasteiger partial charge >= 0.3 is 0 Å². The maximum atomic E-state index is 12.5. The summed E-state index contributed by atoms with van der Waals surface area (Å²) in [6.07, 6.45) is 0.469. The minimum Gasteiger partial charge on any atom is -0.508 e. The van der Waals surface area contributed by atoms with Gasteiger partial charge in [-0.15, -0.1) is 0 Å². The molecule has 2 atom stereocenters. The van der Waals surface area contributed by atoms with Gasteiger partial charge < -0.3 is 15.2 Å². The molecule has 1 saturated heterocycles. The number of nitrogens with one attached hydrogen (secondary N) is 1. The van der Waals surface area contributed by atoms with Crippen molar-refractivity contribution in [1.29, 1.82) is 0 Å². The van der Waals surface area contributed by atoms with E-state index in [1.165, 1.54) is 11.6 Å². The van der Waals surface area contributed by atoms with Gasteiger partial charge in [-0.2, -0.15) is 0 Å². The summed E-state index contributed by atoms with van der Waals surface area (Å²) >= 11 is 0. The minimum atomic E-state index is -0.129. The van der Waals surface area contributed by atoms with E-state index in [1.54, 1.807) is 12.1 Å². The number of hydrogen-bond donors (Lipinski definition) is 2. The number of morpholine rings is 1. The smallest absolute Gasteiger partial charge is 0.251 e. The van der Waals surface area contributed by atoms with E-state index in [-0.39, 0.29) is 23.9 Å². The van der Waals surface area contributed by atoms with E-state index in [0.29, 0.717) is 12.1 Å². The minimum absolute atomic E-state index is 0.129. The highest BCUT2D eigenvalue weighted by Crippen LogP contribution is 2.18.